The SMILES string of the molecule is O=C(Cc1ccccn1)c1ccc(Br)cc1C(F)(F)F. The molecule has 0 fully saturated rings. The lowest BCUT2D eigenvalue weighted by Crippen LogP contribution is -2.15. The monoisotopic (exact) mass is 343 g/mol. The molecule has 0 spiro atoms. The highest BCUT2D eigenvalue weighted by Gasteiger charge is 2.35. The molecule has 20 heavy (non-hydrogen) atoms. The molecule has 0 aliphatic rings. The predicted molar refractivity (Wildman–Crippen MR) is 71.4 cm³/mol. The van der Waals surface area contributed by atoms with Gasteiger partial charge in [-0.3, -0.25) is 9.78 Å². The Hall–Kier alpha value is -1.69. The average molecular weight is 344 g/mol. The summed E-state index contributed by atoms with van der Waals surface area (Å²) in [7, 11) is 0. The number of Topliss-reactive ketones (excluding diaryl/α,β-unsaturated/α-hetero) is 1. The smallest absolute Gasteiger partial charge is 0.294 e. The van der Waals surface area contributed by atoms with Gasteiger partial charge in [-0.05, 0) is 30.3 Å². The van der Waals surface area contributed by atoms with E-state index in [0.717, 1.165) is 6.07 Å². The Labute approximate surface area is 121 Å². The minimum Gasteiger partial charge on any atom is -0.294 e. The number of ketones is 1. The van der Waals surface area contributed by atoms with Gasteiger partial charge in [0.15, 0.2) is 5.78 Å². The number of carbonyl (C=O) groups excluding carboxylic acids is 1. The fraction of sp³-hybridized carbons (Fsp3) is 0.143. The first kappa shape index (κ1) is 14.7. The molecule has 2 nitrogen and oxygen atoms in total. The third kappa shape index (κ3) is 3.45. The molecule has 0 N–H and O–H groups in total. The average Bonchev–Trinajstić information content (AvgIpc) is 2.38. The largest absolute Gasteiger partial charge is 0.417 e. The van der Waals surface area contributed by atoms with Crippen LogP contribution in [0.25, 0.3) is 0 Å². The number of hydrogen-bond acceptors (Lipinski definition) is 2. The highest BCUT2D eigenvalue weighted by molar-refractivity contribution is 9.10. The van der Waals surface area contributed by atoms with Crippen molar-refractivity contribution in [1.82, 2.24) is 4.98 Å². The van der Waals surface area contributed by atoms with Crippen LogP contribution in [0, 0.1) is 0 Å². The van der Waals surface area contributed by atoms with E-state index in [1.165, 1.54) is 18.3 Å². The van der Waals surface area contributed by atoms with Crippen molar-refractivity contribution in [3.63, 3.8) is 0 Å². The van der Waals surface area contributed by atoms with Crippen molar-refractivity contribution in [2.24, 2.45) is 0 Å². The fourth-order valence-electron chi connectivity index (χ4n) is 1.76. The molecule has 2 aromatic rings. The Morgan fingerprint density at radius 3 is 2.55 bits per heavy atom. The summed E-state index contributed by atoms with van der Waals surface area (Å²) in [5.74, 6) is -0.608. The van der Waals surface area contributed by atoms with Crippen LogP contribution in [-0.4, -0.2) is 10.8 Å². The van der Waals surface area contributed by atoms with E-state index in [-0.39, 0.29) is 16.5 Å². The van der Waals surface area contributed by atoms with E-state index in [4.69, 9.17) is 0 Å². The number of nitrogens with zero attached hydrogens (tertiary/aromatic N) is 1. The highest BCUT2D eigenvalue weighted by atomic mass is 79.9. The second-order valence-electron chi connectivity index (χ2n) is 4.11. The molecule has 0 saturated heterocycles. The summed E-state index contributed by atoms with van der Waals surface area (Å²) in [5, 5.41) is 0. The molecule has 6 heteroatoms. The van der Waals surface area contributed by atoms with Crippen LogP contribution in [0.15, 0.2) is 47.1 Å². The van der Waals surface area contributed by atoms with Crippen LogP contribution in [0.3, 0.4) is 0 Å². The molecule has 104 valence electrons. The number of halogens is 4. The molecule has 1 aromatic carbocycles. The molecule has 0 aliphatic carbocycles. The molecule has 0 unspecified atom stereocenters. The summed E-state index contributed by atoms with van der Waals surface area (Å²) in [4.78, 5) is 16.0. The summed E-state index contributed by atoms with van der Waals surface area (Å²) in [6, 6.07) is 8.46. The molecule has 0 saturated carbocycles. The lowest BCUT2D eigenvalue weighted by atomic mass is 10.00. The van der Waals surface area contributed by atoms with Crippen molar-refractivity contribution >= 4 is 21.7 Å². The number of hydrogen-bond donors (Lipinski definition) is 0. The van der Waals surface area contributed by atoms with Crippen LogP contribution in [-0.2, 0) is 12.6 Å². The van der Waals surface area contributed by atoms with Crippen molar-refractivity contribution in [1.29, 1.82) is 0 Å². The molecule has 0 atom stereocenters. The second-order valence-corrected chi connectivity index (χ2v) is 5.02. The molecular formula is C14H9BrF3NO. The first-order valence-corrected chi connectivity index (χ1v) is 6.47. The topological polar surface area (TPSA) is 30.0 Å². The van der Waals surface area contributed by atoms with E-state index in [0.29, 0.717) is 5.69 Å². The highest BCUT2D eigenvalue weighted by Crippen LogP contribution is 2.34. The number of benzene rings is 1. The molecule has 0 aliphatic heterocycles. The van der Waals surface area contributed by atoms with Crippen molar-refractivity contribution in [3.05, 3.63) is 63.9 Å². The Morgan fingerprint density at radius 1 is 1.20 bits per heavy atom. The summed E-state index contributed by atoms with van der Waals surface area (Å²) in [6.07, 6.45) is -3.24. The van der Waals surface area contributed by atoms with E-state index in [1.54, 1.807) is 18.2 Å². The lowest BCUT2D eigenvalue weighted by Gasteiger charge is -2.12. The van der Waals surface area contributed by atoms with Gasteiger partial charge in [0.1, 0.15) is 0 Å². The second kappa shape index (κ2) is 5.75. The summed E-state index contributed by atoms with van der Waals surface area (Å²) >= 11 is 2.98. The Bertz CT molecular complexity index is 626. The van der Waals surface area contributed by atoms with E-state index >= 15 is 0 Å². The van der Waals surface area contributed by atoms with Crippen LogP contribution in [0.5, 0.6) is 0 Å². The van der Waals surface area contributed by atoms with E-state index in [1.807, 2.05) is 0 Å². The van der Waals surface area contributed by atoms with E-state index in [9.17, 15) is 18.0 Å². The maximum absolute atomic E-state index is 12.9. The van der Waals surface area contributed by atoms with Crippen molar-refractivity contribution in [3.8, 4) is 0 Å². The summed E-state index contributed by atoms with van der Waals surface area (Å²) < 4.78 is 39.1. The predicted octanol–water partition coefficient (Wildman–Crippen LogP) is 4.29. The number of alkyl halides is 3. The lowest BCUT2D eigenvalue weighted by molar-refractivity contribution is -0.138. The van der Waals surface area contributed by atoms with Crippen LogP contribution in [0.1, 0.15) is 21.6 Å². The maximum atomic E-state index is 12.9. The van der Waals surface area contributed by atoms with Crippen LogP contribution in [0.4, 0.5) is 13.2 Å². The molecular weight excluding hydrogens is 335 g/mol. The zero-order valence-electron chi connectivity index (χ0n) is 10.1. The first-order valence-electron chi connectivity index (χ1n) is 5.68. The molecule has 0 bridgehead atoms. The normalized spacial score (nSPS) is 11.4. The zero-order chi connectivity index (χ0) is 14.8. The van der Waals surface area contributed by atoms with Gasteiger partial charge in [0, 0.05) is 21.9 Å². The van der Waals surface area contributed by atoms with Gasteiger partial charge in [-0.25, -0.2) is 0 Å². The van der Waals surface area contributed by atoms with Crippen molar-refractivity contribution in [2.75, 3.05) is 0 Å². The molecule has 0 radical (unpaired) electrons. The van der Waals surface area contributed by atoms with E-state index in [2.05, 4.69) is 20.9 Å². The number of carbonyl (C=O) groups is 1. The zero-order valence-corrected chi connectivity index (χ0v) is 11.7. The van der Waals surface area contributed by atoms with Gasteiger partial charge in [-0.1, -0.05) is 22.0 Å². The minimum absolute atomic E-state index is 0.161. The van der Waals surface area contributed by atoms with Crippen LogP contribution < -0.4 is 0 Å². The van der Waals surface area contributed by atoms with Crippen LogP contribution >= 0.6 is 15.9 Å². The number of rotatable bonds is 3. The molecule has 2 rings (SSSR count). The van der Waals surface area contributed by atoms with E-state index < -0.39 is 17.5 Å². The quantitative estimate of drug-likeness (QED) is 0.778. The van der Waals surface area contributed by atoms with Gasteiger partial charge in [0.25, 0.3) is 0 Å². The van der Waals surface area contributed by atoms with Crippen molar-refractivity contribution < 1.29 is 18.0 Å². The summed E-state index contributed by atoms with van der Waals surface area (Å²) in [5.41, 5.74) is -0.840. The van der Waals surface area contributed by atoms with Gasteiger partial charge in [-0.2, -0.15) is 13.2 Å². The Balaban J connectivity index is 2.35. The molecule has 1 heterocycles. The third-order valence-electron chi connectivity index (χ3n) is 2.66. The number of aromatic nitrogens is 1. The van der Waals surface area contributed by atoms with Gasteiger partial charge >= 0.3 is 6.18 Å². The summed E-state index contributed by atoms with van der Waals surface area (Å²) in [6.45, 7) is 0. The minimum atomic E-state index is -4.57. The first-order chi connectivity index (χ1) is 9.38. The molecule has 1 aromatic heterocycles. The van der Waals surface area contributed by atoms with Crippen LogP contribution in [0.2, 0.25) is 0 Å². The van der Waals surface area contributed by atoms with Gasteiger partial charge in [-0.15, -0.1) is 0 Å². The third-order valence-corrected chi connectivity index (χ3v) is 3.15. The van der Waals surface area contributed by atoms with Crippen molar-refractivity contribution in [2.45, 2.75) is 12.6 Å². The van der Waals surface area contributed by atoms with Gasteiger partial charge < -0.3 is 0 Å². The number of pyridine rings is 1. The Morgan fingerprint density at radius 2 is 1.95 bits per heavy atom. The fourth-order valence-corrected chi connectivity index (χ4v) is 2.12. The maximum Gasteiger partial charge on any atom is 0.417 e. The Kier molecular flexibility index (Phi) is 4.23. The van der Waals surface area contributed by atoms with Gasteiger partial charge in [0.2, 0.25) is 0 Å². The van der Waals surface area contributed by atoms with Gasteiger partial charge in [0.05, 0.1) is 12.0 Å². The molecule has 0 amide bonds. The standard InChI is InChI=1S/C14H9BrF3NO/c15-9-4-5-11(12(7-9)14(16,17)18)13(20)8-10-3-1-2-6-19-10/h1-7H,8H2.